The molecule has 0 aromatic carbocycles. The first kappa shape index (κ1) is 54.4. The maximum absolute atomic E-state index is 14.9. The van der Waals surface area contributed by atoms with E-state index in [1.54, 1.807) is 35.5 Å². The third-order valence-electron chi connectivity index (χ3n) is 14.4. The van der Waals surface area contributed by atoms with Crippen molar-refractivity contribution in [3.8, 4) is 9.86 Å². The van der Waals surface area contributed by atoms with E-state index < -0.39 is 55.1 Å². The molecule has 0 spiro atoms. The van der Waals surface area contributed by atoms with E-state index in [4.69, 9.17) is 0 Å². The van der Waals surface area contributed by atoms with E-state index in [9.17, 15) is 4.79 Å². The zero-order valence-corrected chi connectivity index (χ0v) is 48.0. The van der Waals surface area contributed by atoms with Crippen LogP contribution in [-0.4, -0.2) is 78.0 Å². The van der Waals surface area contributed by atoms with Crippen LogP contribution in [0.15, 0.2) is 0 Å². The van der Waals surface area contributed by atoms with Crippen molar-refractivity contribution in [3.63, 3.8) is 0 Å². The molecule has 0 aliphatic carbocycles. The summed E-state index contributed by atoms with van der Waals surface area (Å²) in [5.41, 5.74) is 0. The van der Waals surface area contributed by atoms with Crippen LogP contribution in [0, 0.1) is 9.86 Å². The van der Waals surface area contributed by atoms with Gasteiger partial charge in [0.1, 0.15) is 0 Å². The fourth-order valence-corrected chi connectivity index (χ4v) is 56.7. The number of hydrogen-bond donors (Lipinski definition) is 0. The summed E-state index contributed by atoms with van der Waals surface area (Å²) in [6, 6.07) is 0.876. The van der Waals surface area contributed by atoms with Crippen molar-refractivity contribution in [1.82, 2.24) is 4.90 Å². The maximum atomic E-state index is 14.9. The first-order valence-corrected chi connectivity index (χ1v) is 49.2. The topological polar surface area (TPSA) is 20.3 Å². The number of hydrogen-bond acceptors (Lipinski definition) is 1. The zero-order valence-electron chi connectivity index (χ0n) is 39.5. The quantitative estimate of drug-likeness (QED) is 0.0458. The molecule has 1 aliphatic rings. The average molecular weight is 1090 g/mol. The first-order chi connectivity index (χ1) is 26.7. The van der Waals surface area contributed by atoms with Gasteiger partial charge in [-0.2, -0.15) is 0 Å². The number of nitrogens with zero attached hydrogens (tertiary/aromatic N) is 1. The van der Waals surface area contributed by atoms with E-state index in [1.165, 1.54) is 174 Å². The van der Waals surface area contributed by atoms with Gasteiger partial charge in [-0.3, -0.25) is 0 Å². The summed E-state index contributed by atoms with van der Waals surface area (Å²) in [6.07, 6.45) is 33.9. The predicted octanol–water partition coefficient (Wildman–Crippen LogP) is 17.4. The van der Waals surface area contributed by atoms with Crippen molar-refractivity contribution in [3.05, 3.63) is 0 Å². The summed E-state index contributed by atoms with van der Waals surface area (Å²) in [7, 11) is 0. The van der Waals surface area contributed by atoms with Crippen molar-refractivity contribution in [2.24, 2.45) is 0 Å². The molecule has 0 saturated carbocycles. The molecule has 1 fully saturated rings. The molecule has 0 bridgehead atoms. The molecule has 1 heterocycles. The van der Waals surface area contributed by atoms with Gasteiger partial charge in [0.15, 0.2) is 0 Å². The molecule has 1 saturated heterocycles. The number of carbonyl (C=O) groups is 1. The van der Waals surface area contributed by atoms with Crippen LogP contribution in [0.1, 0.15) is 223 Å². The summed E-state index contributed by atoms with van der Waals surface area (Å²) in [5.74, 6) is 3.89. The molecule has 0 N–H and O–H groups in total. The third-order valence-corrected chi connectivity index (χ3v) is 59.8. The Balaban J connectivity index is 3.51. The summed E-state index contributed by atoms with van der Waals surface area (Å²) in [5, 5.41) is 0. The number of amides is 1. The van der Waals surface area contributed by atoms with Gasteiger partial charge in [0.2, 0.25) is 0 Å². The van der Waals surface area contributed by atoms with Crippen molar-refractivity contribution in [1.29, 1.82) is 0 Å². The van der Waals surface area contributed by atoms with Gasteiger partial charge >= 0.3 is 364 Å². The Labute approximate surface area is 360 Å². The van der Waals surface area contributed by atoms with Gasteiger partial charge in [0.25, 0.3) is 0 Å². The van der Waals surface area contributed by atoms with Gasteiger partial charge in [0, 0.05) is 0 Å². The Morgan fingerprint density at radius 1 is 0.436 bits per heavy atom. The van der Waals surface area contributed by atoms with Crippen molar-refractivity contribution >= 4 is 61.0 Å². The Morgan fingerprint density at radius 3 is 1.00 bits per heavy atom. The standard InChI is InChI=1S/C14H20NO.9C4H9.3Sn/c1-4-8-12-10-7-11-13(9-5-2)15(12)14(16)6-3;9*1-3-4-2;;;/h12-13H,1-2,4-5,7-11H2;9*1,3-4H2,2H3;;;/t12-,13-;;;;;;;;;;;;/m0............/s1. The van der Waals surface area contributed by atoms with Crippen LogP contribution in [0.3, 0.4) is 0 Å². The SMILES string of the molecule is CCC[CH2][Sn]([C]#CC(=O)N1[C@@H](CC[CH2][Sn]([CH2]CCC)([CH2]CCC)[CH2]CCC)CCC[C@@H]1CC[CH2][Sn]([CH2]CCC)([CH2]CCC)[CH2]CCC)([CH2]CCC)[CH2]CCC. The van der Waals surface area contributed by atoms with Gasteiger partial charge in [0.05, 0.1) is 0 Å². The van der Waals surface area contributed by atoms with Crippen LogP contribution in [0.2, 0.25) is 48.8 Å². The van der Waals surface area contributed by atoms with Crippen LogP contribution in [-0.2, 0) is 4.79 Å². The molecule has 0 aromatic heterocycles. The second kappa shape index (κ2) is 34.1. The third kappa shape index (κ3) is 22.2. The van der Waals surface area contributed by atoms with Gasteiger partial charge in [-0.15, -0.1) is 0 Å². The molecule has 0 radical (unpaired) electrons. The summed E-state index contributed by atoms with van der Waals surface area (Å²) in [6.45, 7) is 21.6. The number of rotatable bonds is 35. The number of piperidine rings is 1. The molecular weight excluding hydrogens is 987 g/mol. The van der Waals surface area contributed by atoms with E-state index in [1.807, 2.05) is 0 Å². The normalized spacial score (nSPS) is 16.7. The Kier molecular flexibility index (Phi) is 33.7. The Hall–Kier alpha value is 1.43. The fourth-order valence-electron chi connectivity index (χ4n) is 10.7. The molecule has 324 valence electrons. The fraction of sp³-hybridized carbons (Fsp3) is 0.940. The van der Waals surface area contributed by atoms with E-state index in [0.29, 0.717) is 12.1 Å². The minimum atomic E-state index is -2.73. The molecule has 5 heteroatoms. The van der Waals surface area contributed by atoms with Crippen LogP contribution in [0.5, 0.6) is 0 Å². The van der Waals surface area contributed by atoms with Crippen LogP contribution in [0.4, 0.5) is 0 Å². The number of unbranched alkanes of at least 4 members (excludes halogenated alkanes) is 9. The molecule has 1 rings (SSSR count). The Morgan fingerprint density at radius 2 is 0.709 bits per heavy atom. The second-order valence-corrected chi connectivity index (χ2v) is 60.0. The van der Waals surface area contributed by atoms with Crippen molar-refractivity contribution in [2.45, 2.75) is 284 Å². The Bertz CT molecular complexity index is 876. The van der Waals surface area contributed by atoms with Gasteiger partial charge in [-0.1, -0.05) is 0 Å². The minimum absolute atomic E-state index is 0.274. The van der Waals surface area contributed by atoms with Gasteiger partial charge in [-0.25, -0.2) is 0 Å². The molecule has 0 aromatic rings. The summed E-state index contributed by atoms with van der Waals surface area (Å²) < 4.78 is 21.1. The molecule has 2 nitrogen and oxygen atoms in total. The number of likely N-dealkylation sites (tertiary alicyclic amines) is 1. The number of carbonyl (C=O) groups excluding carboxylic acids is 1. The monoisotopic (exact) mass is 1090 g/mol. The molecule has 1 aliphatic heterocycles. The van der Waals surface area contributed by atoms with Crippen LogP contribution >= 0.6 is 0 Å². The predicted molar refractivity (Wildman–Crippen MR) is 259 cm³/mol. The van der Waals surface area contributed by atoms with Crippen LogP contribution in [0.25, 0.3) is 0 Å². The van der Waals surface area contributed by atoms with Gasteiger partial charge in [-0.05, 0) is 0 Å². The average Bonchev–Trinajstić information content (AvgIpc) is 3.21. The zero-order chi connectivity index (χ0) is 40.7. The van der Waals surface area contributed by atoms with Crippen molar-refractivity contribution in [2.75, 3.05) is 0 Å². The summed E-state index contributed by atoms with van der Waals surface area (Å²) in [4.78, 5) is 17.4. The molecule has 2 atom stereocenters. The molecule has 1 amide bonds. The van der Waals surface area contributed by atoms with Crippen LogP contribution < -0.4 is 0 Å². The first-order valence-electron chi connectivity index (χ1n) is 25.6. The summed E-state index contributed by atoms with van der Waals surface area (Å²) >= 11 is -7.13. The van der Waals surface area contributed by atoms with E-state index in [0.717, 1.165) is 0 Å². The van der Waals surface area contributed by atoms with Crippen molar-refractivity contribution < 1.29 is 4.79 Å². The molecular formula is C50H101NOSn3. The molecule has 55 heavy (non-hydrogen) atoms. The van der Waals surface area contributed by atoms with E-state index in [-0.39, 0.29) is 5.91 Å². The van der Waals surface area contributed by atoms with E-state index >= 15 is 0 Å². The van der Waals surface area contributed by atoms with Gasteiger partial charge < -0.3 is 0 Å². The second-order valence-electron chi connectivity index (χ2n) is 19.2. The van der Waals surface area contributed by atoms with E-state index in [2.05, 4.69) is 77.1 Å². The molecule has 0 unspecified atom stereocenters.